The lowest BCUT2D eigenvalue weighted by Gasteiger charge is -2.62. The van der Waals surface area contributed by atoms with Crippen LogP contribution in [-0.4, -0.2) is 28.1 Å². The van der Waals surface area contributed by atoms with Crippen LogP contribution in [0.25, 0.3) is 0 Å². The van der Waals surface area contributed by atoms with Crippen LogP contribution in [0.2, 0.25) is 0 Å². The van der Waals surface area contributed by atoms with Gasteiger partial charge in [-0.15, -0.1) is 0 Å². The molecule has 4 nitrogen and oxygen atoms in total. The molecule has 7 atom stereocenters. The van der Waals surface area contributed by atoms with Gasteiger partial charge in [-0.25, -0.2) is 0 Å². The smallest absolute Gasteiger partial charge is 0.309 e. The predicted octanol–water partition coefficient (Wildman–Crippen LogP) is 6.95. The Balaban J connectivity index is 1.46. The Morgan fingerprint density at radius 3 is 2.43 bits per heavy atom. The molecule has 4 fully saturated rings. The van der Waals surface area contributed by atoms with E-state index >= 15 is 0 Å². The van der Waals surface area contributed by atoms with Crippen LogP contribution in [0.1, 0.15) is 117 Å². The van der Waals surface area contributed by atoms with Gasteiger partial charge in [0.1, 0.15) is 0 Å². The molecule has 0 bridgehead atoms. The van der Waals surface area contributed by atoms with Crippen LogP contribution < -0.4 is 0 Å². The number of unbranched alkanes of at least 4 members (excludes halogenated alkanes) is 2. The topological polar surface area (TPSA) is 74.6 Å². The monoisotopic (exact) mass is 484 g/mol. The Morgan fingerprint density at radius 2 is 1.74 bits per heavy atom. The molecule has 0 aromatic carbocycles. The first kappa shape index (κ1) is 25.5. The lowest BCUT2D eigenvalue weighted by molar-refractivity contribution is -0.169. The van der Waals surface area contributed by atoms with Crippen molar-refractivity contribution in [3.05, 3.63) is 11.6 Å². The van der Waals surface area contributed by atoms with Crippen molar-refractivity contribution in [2.45, 2.75) is 123 Å². The number of carbonyl (C=O) groups excluding carboxylic acids is 1. The van der Waals surface area contributed by atoms with Crippen molar-refractivity contribution in [1.29, 1.82) is 0 Å². The van der Waals surface area contributed by atoms with E-state index in [1.54, 1.807) is 0 Å². The van der Waals surface area contributed by atoms with Gasteiger partial charge in [-0.1, -0.05) is 52.0 Å². The van der Waals surface area contributed by atoms with Gasteiger partial charge in [-0.2, -0.15) is 0 Å². The van der Waals surface area contributed by atoms with Gasteiger partial charge in [0.2, 0.25) is 0 Å². The standard InChI is InChI=1S/C31H48O4/c1-4-5-6-7-20-12-16-31(17-13-20,28(34)35)26-19-22(32)18-21-8-9-23-24-10-11-27(33)29(24,2)15-14-25(23)30(21,26)3/h18,20,23-27,33H,4-17,19H2,1-3H3,(H,34,35)/t20?,23-,24-,25-,26?,27-,29-,30-,31?/m0/s1. The number of aliphatic hydroxyl groups excluding tert-OH is 1. The minimum atomic E-state index is -0.775. The van der Waals surface area contributed by atoms with Crippen LogP contribution >= 0.6 is 0 Å². The van der Waals surface area contributed by atoms with Crippen LogP contribution in [0.4, 0.5) is 0 Å². The summed E-state index contributed by atoms with van der Waals surface area (Å²) in [5.41, 5.74) is 0.287. The number of carboxylic acids is 1. The molecule has 1 unspecified atom stereocenters. The summed E-state index contributed by atoms with van der Waals surface area (Å²) in [6, 6.07) is 0. The zero-order valence-electron chi connectivity index (χ0n) is 22.4. The molecule has 0 aromatic heterocycles. The minimum absolute atomic E-state index is 0.0137. The largest absolute Gasteiger partial charge is 0.481 e. The van der Waals surface area contributed by atoms with E-state index in [-0.39, 0.29) is 28.6 Å². The van der Waals surface area contributed by atoms with Crippen LogP contribution in [0.15, 0.2) is 11.6 Å². The number of carbonyl (C=O) groups is 2. The second kappa shape index (κ2) is 9.30. The van der Waals surface area contributed by atoms with Gasteiger partial charge in [0, 0.05) is 6.42 Å². The fourth-order valence-corrected chi connectivity index (χ4v) is 10.3. The van der Waals surface area contributed by atoms with Gasteiger partial charge < -0.3 is 10.2 Å². The number of aliphatic carboxylic acids is 1. The second-order valence-corrected chi connectivity index (χ2v) is 13.6. The number of hydrogen-bond donors (Lipinski definition) is 2. The number of aliphatic hydroxyl groups is 1. The SMILES string of the molecule is CCCCCC1CCC(C(=O)O)(C2CC(=O)C=C3CC[C@H]4[C@@H]5CC[C@H](O)[C@@]5(C)CC[C@@H]4[C@]32C)CC1. The molecule has 5 aliphatic rings. The lowest BCUT2D eigenvalue weighted by Crippen LogP contribution is -2.59. The molecule has 0 amide bonds. The van der Waals surface area contributed by atoms with E-state index < -0.39 is 11.4 Å². The van der Waals surface area contributed by atoms with Crippen molar-refractivity contribution in [3.8, 4) is 0 Å². The van der Waals surface area contributed by atoms with Gasteiger partial charge in [0.05, 0.1) is 11.5 Å². The highest BCUT2D eigenvalue weighted by atomic mass is 16.4. The molecule has 4 heteroatoms. The molecule has 0 aliphatic heterocycles. The van der Waals surface area contributed by atoms with Crippen LogP contribution in [0.3, 0.4) is 0 Å². The fraction of sp³-hybridized carbons (Fsp3) is 0.871. The first-order valence-corrected chi connectivity index (χ1v) is 14.8. The minimum Gasteiger partial charge on any atom is -0.481 e. The molecule has 35 heavy (non-hydrogen) atoms. The van der Waals surface area contributed by atoms with E-state index in [1.165, 1.54) is 31.3 Å². The average molecular weight is 485 g/mol. The molecule has 0 aromatic rings. The highest BCUT2D eigenvalue weighted by Gasteiger charge is 2.65. The van der Waals surface area contributed by atoms with Crippen LogP contribution in [0, 0.1) is 45.8 Å². The highest BCUT2D eigenvalue weighted by Crippen LogP contribution is 2.69. The molecule has 2 N–H and O–H groups in total. The first-order chi connectivity index (χ1) is 16.7. The van der Waals surface area contributed by atoms with Crippen molar-refractivity contribution in [2.24, 2.45) is 45.8 Å². The first-order valence-electron chi connectivity index (χ1n) is 14.8. The fourth-order valence-electron chi connectivity index (χ4n) is 10.3. The number of fused-ring (bicyclic) bond motifs is 5. The molecule has 5 rings (SSSR count). The van der Waals surface area contributed by atoms with Crippen molar-refractivity contribution >= 4 is 11.8 Å². The Hall–Kier alpha value is -1.16. The molecule has 0 saturated heterocycles. The highest BCUT2D eigenvalue weighted by molar-refractivity contribution is 5.93. The van der Waals surface area contributed by atoms with Crippen molar-refractivity contribution in [2.75, 3.05) is 0 Å². The predicted molar refractivity (Wildman–Crippen MR) is 138 cm³/mol. The lowest BCUT2D eigenvalue weighted by atomic mass is 9.41. The molecule has 0 heterocycles. The Labute approximate surface area is 212 Å². The van der Waals surface area contributed by atoms with Crippen molar-refractivity contribution < 1.29 is 19.8 Å². The van der Waals surface area contributed by atoms with E-state index in [2.05, 4.69) is 20.8 Å². The van der Waals surface area contributed by atoms with Gasteiger partial charge in [-0.3, -0.25) is 9.59 Å². The van der Waals surface area contributed by atoms with E-state index in [0.29, 0.717) is 30.1 Å². The van der Waals surface area contributed by atoms with E-state index in [1.807, 2.05) is 6.08 Å². The van der Waals surface area contributed by atoms with Gasteiger partial charge in [-0.05, 0) is 111 Å². The summed E-state index contributed by atoms with van der Waals surface area (Å²) in [6.07, 6.45) is 16.7. The van der Waals surface area contributed by atoms with Gasteiger partial charge >= 0.3 is 5.97 Å². The Kier molecular flexibility index (Phi) is 6.77. The van der Waals surface area contributed by atoms with Crippen LogP contribution in [0.5, 0.6) is 0 Å². The van der Waals surface area contributed by atoms with Crippen molar-refractivity contribution in [1.82, 2.24) is 0 Å². The summed E-state index contributed by atoms with van der Waals surface area (Å²) >= 11 is 0. The maximum absolute atomic E-state index is 13.1. The molecular formula is C31H48O4. The average Bonchev–Trinajstić information content (AvgIpc) is 3.14. The Morgan fingerprint density at radius 1 is 1.00 bits per heavy atom. The van der Waals surface area contributed by atoms with Gasteiger partial charge in [0.15, 0.2) is 5.78 Å². The third kappa shape index (κ3) is 3.87. The zero-order valence-corrected chi connectivity index (χ0v) is 22.4. The molecule has 4 saturated carbocycles. The Bertz CT molecular complexity index is 867. The number of allylic oxidation sites excluding steroid dienone is 1. The molecule has 0 spiro atoms. The quantitative estimate of drug-likeness (QED) is 0.400. The summed E-state index contributed by atoms with van der Waals surface area (Å²) < 4.78 is 0. The third-order valence-corrected chi connectivity index (χ3v) is 12.4. The van der Waals surface area contributed by atoms with E-state index in [4.69, 9.17) is 0 Å². The zero-order chi connectivity index (χ0) is 25.0. The van der Waals surface area contributed by atoms with Crippen LogP contribution in [-0.2, 0) is 9.59 Å². The molecule has 0 radical (unpaired) electrons. The third-order valence-electron chi connectivity index (χ3n) is 12.4. The maximum Gasteiger partial charge on any atom is 0.309 e. The van der Waals surface area contributed by atoms with E-state index in [0.717, 1.165) is 64.2 Å². The summed E-state index contributed by atoms with van der Waals surface area (Å²) in [6.45, 7) is 6.90. The molecule has 5 aliphatic carbocycles. The molecule has 196 valence electrons. The number of rotatable bonds is 6. The van der Waals surface area contributed by atoms with E-state index in [9.17, 15) is 19.8 Å². The normalized spacial score (nSPS) is 47.4. The molecular weight excluding hydrogens is 436 g/mol. The maximum atomic E-state index is 13.1. The summed E-state index contributed by atoms with van der Waals surface area (Å²) in [5.74, 6) is 1.56. The number of hydrogen-bond acceptors (Lipinski definition) is 3. The summed E-state index contributed by atoms with van der Waals surface area (Å²) in [7, 11) is 0. The summed E-state index contributed by atoms with van der Waals surface area (Å²) in [5, 5.41) is 21.6. The van der Waals surface area contributed by atoms with Crippen molar-refractivity contribution in [3.63, 3.8) is 0 Å². The second-order valence-electron chi connectivity index (χ2n) is 13.6. The number of carboxylic acid groups (broad SMARTS) is 1. The van der Waals surface area contributed by atoms with Gasteiger partial charge in [0.25, 0.3) is 0 Å². The number of ketones is 1. The summed E-state index contributed by atoms with van der Waals surface area (Å²) in [4.78, 5) is 26.2.